The Morgan fingerprint density at radius 3 is 2.59 bits per heavy atom. The Balaban J connectivity index is 2.63. The fourth-order valence-electron chi connectivity index (χ4n) is 1.70. The molecule has 0 aliphatic heterocycles. The van der Waals surface area contributed by atoms with Crippen LogP contribution in [0.4, 0.5) is 4.39 Å². The van der Waals surface area contributed by atoms with E-state index in [9.17, 15) is 4.39 Å². The Labute approximate surface area is 113 Å². The minimum Gasteiger partial charge on any atom is -0.326 e. The zero-order valence-electron chi connectivity index (χ0n) is 8.88. The summed E-state index contributed by atoms with van der Waals surface area (Å²) in [6.45, 7) is 0.321. The molecule has 2 N–H and O–H groups in total. The van der Waals surface area contributed by atoms with Crippen molar-refractivity contribution in [2.24, 2.45) is 5.73 Å². The van der Waals surface area contributed by atoms with Gasteiger partial charge in [0.2, 0.25) is 0 Å². The lowest BCUT2D eigenvalue weighted by Crippen LogP contribution is -2.00. The second-order valence-corrected chi connectivity index (χ2v) is 4.98. The molecule has 88 valence electrons. The number of nitrogens with two attached hydrogens (primary N) is 1. The van der Waals surface area contributed by atoms with E-state index in [2.05, 4.69) is 15.9 Å². The molecule has 0 unspecified atom stereocenters. The molecule has 2 rings (SSSR count). The SMILES string of the molecule is NCc1cc(Cl)ccc1-c1cc(Br)ccc1F. The molecule has 0 saturated carbocycles. The zero-order valence-corrected chi connectivity index (χ0v) is 11.2. The van der Waals surface area contributed by atoms with Gasteiger partial charge in [0.05, 0.1) is 0 Å². The summed E-state index contributed by atoms with van der Waals surface area (Å²) in [7, 11) is 0. The highest BCUT2D eigenvalue weighted by atomic mass is 79.9. The maximum absolute atomic E-state index is 13.8. The van der Waals surface area contributed by atoms with E-state index < -0.39 is 0 Å². The number of benzene rings is 2. The molecule has 0 atom stereocenters. The summed E-state index contributed by atoms with van der Waals surface area (Å²) in [4.78, 5) is 0. The highest BCUT2D eigenvalue weighted by molar-refractivity contribution is 9.10. The lowest BCUT2D eigenvalue weighted by molar-refractivity contribution is 0.631. The van der Waals surface area contributed by atoms with Crippen LogP contribution in [0.25, 0.3) is 11.1 Å². The Morgan fingerprint density at radius 1 is 1.12 bits per heavy atom. The van der Waals surface area contributed by atoms with Crippen molar-refractivity contribution in [3.8, 4) is 11.1 Å². The number of rotatable bonds is 2. The molecule has 1 nitrogen and oxygen atoms in total. The summed E-state index contributed by atoms with van der Waals surface area (Å²) in [5.74, 6) is -0.273. The lowest BCUT2D eigenvalue weighted by Gasteiger charge is -2.10. The van der Waals surface area contributed by atoms with Crippen LogP contribution in [0.1, 0.15) is 5.56 Å². The molecular formula is C13H10BrClFN. The van der Waals surface area contributed by atoms with Crippen molar-refractivity contribution in [1.82, 2.24) is 0 Å². The van der Waals surface area contributed by atoms with E-state index in [-0.39, 0.29) is 5.82 Å². The third kappa shape index (κ3) is 2.68. The van der Waals surface area contributed by atoms with Crippen LogP contribution in [-0.2, 0) is 6.54 Å². The molecule has 0 heterocycles. The van der Waals surface area contributed by atoms with E-state index in [1.165, 1.54) is 6.07 Å². The minimum absolute atomic E-state index is 0.273. The minimum atomic E-state index is -0.273. The van der Waals surface area contributed by atoms with Gasteiger partial charge in [-0.1, -0.05) is 33.6 Å². The molecule has 0 spiro atoms. The molecule has 0 aliphatic rings. The van der Waals surface area contributed by atoms with Gasteiger partial charge in [-0.15, -0.1) is 0 Å². The van der Waals surface area contributed by atoms with Gasteiger partial charge in [-0.3, -0.25) is 0 Å². The van der Waals surface area contributed by atoms with E-state index >= 15 is 0 Å². The normalized spacial score (nSPS) is 10.6. The molecule has 0 amide bonds. The number of hydrogen-bond acceptors (Lipinski definition) is 1. The third-order valence-electron chi connectivity index (χ3n) is 2.51. The molecular weight excluding hydrogens is 305 g/mol. The van der Waals surface area contributed by atoms with E-state index in [1.807, 2.05) is 0 Å². The molecule has 0 aromatic heterocycles. The van der Waals surface area contributed by atoms with Gasteiger partial charge in [0.1, 0.15) is 5.82 Å². The van der Waals surface area contributed by atoms with E-state index in [1.54, 1.807) is 30.3 Å². The maximum Gasteiger partial charge on any atom is 0.131 e. The summed E-state index contributed by atoms with van der Waals surface area (Å²) in [6.07, 6.45) is 0. The fourth-order valence-corrected chi connectivity index (χ4v) is 2.25. The quantitative estimate of drug-likeness (QED) is 0.875. The topological polar surface area (TPSA) is 26.0 Å². The van der Waals surface area contributed by atoms with Crippen LogP contribution in [-0.4, -0.2) is 0 Å². The molecule has 0 radical (unpaired) electrons. The van der Waals surface area contributed by atoms with Gasteiger partial charge < -0.3 is 5.73 Å². The van der Waals surface area contributed by atoms with Crippen LogP contribution in [0.3, 0.4) is 0 Å². The third-order valence-corrected chi connectivity index (χ3v) is 3.23. The molecule has 4 heteroatoms. The van der Waals surface area contributed by atoms with Gasteiger partial charge in [-0.2, -0.15) is 0 Å². The highest BCUT2D eigenvalue weighted by Gasteiger charge is 2.10. The Bertz CT molecular complexity index is 557. The van der Waals surface area contributed by atoms with Gasteiger partial charge in [0.15, 0.2) is 0 Å². The van der Waals surface area contributed by atoms with E-state index in [0.29, 0.717) is 17.1 Å². The van der Waals surface area contributed by atoms with Crippen molar-refractivity contribution >= 4 is 27.5 Å². The van der Waals surface area contributed by atoms with Crippen LogP contribution >= 0.6 is 27.5 Å². The molecule has 2 aromatic rings. The molecule has 0 fully saturated rings. The predicted octanol–water partition coefficient (Wildman–Crippen LogP) is 4.37. The van der Waals surface area contributed by atoms with E-state index in [4.69, 9.17) is 17.3 Å². The predicted molar refractivity (Wildman–Crippen MR) is 72.4 cm³/mol. The van der Waals surface area contributed by atoms with Crippen LogP contribution in [0.15, 0.2) is 40.9 Å². The van der Waals surface area contributed by atoms with Gasteiger partial charge >= 0.3 is 0 Å². The first kappa shape index (κ1) is 12.6. The van der Waals surface area contributed by atoms with Crippen LogP contribution in [0.2, 0.25) is 5.02 Å². The van der Waals surface area contributed by atoms with Crippen molar-refractivity contribution in [2.75, 3.05) is 0 Å². The second-order valence-electron chi connectivity index (χ2n) is 3.63. The van der Waals surface area contributed by atoms with Gasteiger partial charge in [-0.25, -0.2) is 4.39 Å². The molecule has 0 saturated heterocycles. The number of hydrogen-bond donors (Lipinski definition) is 1. The second kappa shape index (κ2) is 5.17. The smallest absolute Gasteiger partial charge is 0.131 e. The summed E-state index contributed by atoms with van der Waals surface area (Å²) < 4.78 is 14.6. The Hall–Kier alpha value is -0.900. The van der Waals surface area contributed by atoms with Crippen LogP contribution < -0.4 is 5.73 Å². The summed E-state index contributed by atoms with van der Waals surface area (Å²) in [5.41, 5.74) is 7.78. The first-order chi connectivity index (χ1) is 8.11. The zero-order chi connectivity index (χ0) is 12.4. The number of halogens is 3. The average molecular weight is 315 g/mol. The van der Waals surface area contributed by atoms with Crippen molar-refractivity contribution < 1.29 is 4.39 Å². The highest BCUT2D eigenvalue weighted by Crippen LogP contribution is 2.30. The van der Waals surface area contributed by atoms with Crippen molar-refractivity contribution in [3.05, 3.63) is 57.3 Å². The molecule has 0 aliphatic carbocycles. The monoisotopic (exact) mass is 313 g/mol. The van der Waals surface area contributed by atoms with Crippen molar-refractivity contribution in [3.63, 3.8) is 0 Å². The standard InChI is InChI=1S/C13H10BrClFN/c14-9-1-4-13(16)12(6-9)11-3-2-10(15)5-8(11)7-17/h1-6H,7,17H2. The van der Waals surface area contributed by atoms with Gasteiger partial charge in [0.25, 0.3) is 0 Å². The summed E-state index contributed by atoms with van der Waals surface area (Å²) >= 11 is 9.23. The van der Waals surface area contributed by atoms with Gasteiger partial charge in [-0.05, 0) is 41.5 Å². The Morgan fingerprint density at radius 2 is 1.88 bits per heavy atom. The fraction of sp³-hybridized carbons (Fsp3) is 0.0769. The van der Waals surface area contributed by atoms with Crippen LogP contribution in [0, 0.1) is 5.82 Å². The van der Waals surface area contributed by atoms with Crippen molar-refractivity contribution in [1.29, 1.82) is 0 Å². The summed E-state index contributed by atoms with van der Waals surface area (Å²) in [6, 6.07) is 10.1. The molecule has 17 heavy (non-hydrogen) atoms. The van der Waals surface area contributed by atoms with Crippen molar-refractivity contribution in [2.45, 2.75) is 6.54 Å². The van der Waals surface area contributed by atoms with E-state index in [0.717, 1.165) is 15.6 Å². The molecule has 0 bridgehead atoms. The Kier molecular flexibility index (Phi) is 3.82. The first-order valence-corrected chi connectivity index (χ1v) is 6.23. The molecule has 2 aromatic carbocycles. The summed E-state index contributed by atoms with van der Waals surface area (Å²) in [5, 5.41) is 0.601. The van der Waals surface area contributed by atoms with Crippen LogP contribution in [0.5, 0.6) is 0 Å². The lowest BCUT2D eigenvalue weighted by atomic mass is 9.99. The first-order valence-electron chi connectivity index (χ1n) is 5.05. The average Bonchev–Trinajstić information content (AvgIpc) is 2.32. The largest absolute Gasteiger partial charge is 0.326 e. The maximum atomic E-state index is 13.8. The van der Waals surface area contributed by atoms with Gasteiger partial charge in [0, 0.05) is 21.6 Å².